The molecule has 4 atom stereocenters. The van der Waals surface area contributed by atoms with E-state index < -0.39 is 0 Å². The minimum absolute atomic E-state index is 0.00122. The summed E-state index contributed by atoms with van der Waals surface area (Å²) in [4.78, 5) is 5.24. The van der Waals surface area contributed by atoms with Crippen molar-refractivity contribution < 1.29 is 9.47 Å². The summed E-state index contributed by atoms with van der Waals surface area (Å²) in [5.41, 5.74) is 14.4. The Bertz CT molecular complexity index is 972. The van der Waals surface area contributed by atoms with Crippen molar-refractivity contribution in [3.05, 3.63) is 46.6 Å². The van der Waals surface area contributed by atoms with E-state index in [2.05, 4.69) is 11.1 Å². The molecule has 0 aliphatic carbocycles. The summed E-state index contributed by atoms with van der Waals surface area (Å²) < 4.78 is 11.9. The van der Waals surface area contributed by atoms with Crippen LogP contribution in [-0.2, 0) is 9.47 Å². The smallest absolute Gasteiger partial charge is 0.180 e. The van der Waals surface area contributed by atoms with Gasteiger partial charge in [-0.25, -0.2) is 10.8 Å². The fourth-order valence-electron chi connectivity index (χ4n) is 3.44. The summed E-state index contributed by atoms with van der Waals surface area (Å²) in [5, 5.41) is 13.0. The largest absolute Gasteiger partial charge is 0.396 e. The second-order valence-electron chi connectivity index (χ2n) is 7.01. The molecule has 2 fully saturated rings. The molecule has 4 rings (SSSR count). The predicted octanol–water partition coefficient (Wildman–Crippen LogP) is 2.01. The van der Waals surface area contributed by atoms with Crippen LogP contribution in [0.15, 0.2) is 34.7 Å². The van der Waals surface area contributed by atoms with Crippen LogP contribution in [0.4, 0.5) is 5.13 Å². The highest BCUT2D eigenvalue weighted by Crippen LogP contribution is 2.39. The molecule has 0 saturated carbocycles. The van der Waals surface area contributed by atoms with Crippen molar-refractivity contribution in [3.63, 3.8) is 0 Å². The van der Waals surface area contributed by atoms with Crippen molar-refractivity contribution in [1.82, 2.24) is 9.99 Å². The molecule has 29 heavy (non-hydrogen) atoms. The minimum Gasteiger partial charge on any atom is -0.396 e. The fourth-order valence-corrected chi connectivity index (χ4v) is 5.20. The highest BCUT2D eigenvalue weighted by atomic mass is 32.2. The topological polar surface area (TPSA) is 136 Å². The third kappa shape index (κ3) is 4.19. The second kappa shape index (κ2) is 8.22. The lowest BCUT2D eigenvalue weighted by atomic mass is 9.95. The molecule has 10 heteroatoms. The number of nitrogens with zero attached hydrogens (tertiary/aromatic N) is 3. The maximum Gasteiger partial charge on any atom is 0.180 e. The number of hydrazine groups is 1. The van der Waals surface area contributed by atoms with Gasteiger partial charge in [-0.1, -0.05) is 11.8 Å². The van der Waals surface area contributed by atoms with Crippen LogP contribution in [0, 0.1) is 18.3 Å². The quantitative estimate of drug-likeness (QED) is 0.480. The molecule has 0 bridgehead atoms. The Labute approximate surface area is 177 Å². The number of thioether (sulfide) groups is 1. The molecule has 1 aromatic carbocycles. The van der Waals surface area contributed by atoms with Crippen LogP contribution in [0.2, 0.25) is 0 Å². The molecule has 3 unspecified atom stereocenters. The summed E-state index contributed by atoms with van der Waals surface area (Å²) in [6.45, 7) is 2.49. The van der Waals surface area contributed by atoms with Crippen molar-refractivity contribution in [2.24, 2.45) is 11.6 Å². The lowest BCUT2D eigenvalue weighted by molar-refractivity contribution is -0.241. The van der Waals surface area contributed by atoms with Gasteiger partial charge >= 0.3 is 0 Å². The molecule has 2 saturated heterocycles. The first-order valence-corrected chi connectivity index (χ1v) is 10.9. The minimum atomic E-state index is -0.0934. The lowest BCUT2D eigenvalue weighted by Gasteiger charge is -2.49. The van der Waals surface area contributed by atoms with Crippen LogP contribution >= 0.6 is 23.1 Å². The van der Waals surface area contributed by atoms with Crippen molar-refractivity contribution in [2.45, 2.75) is 41.9 Å². The molecular formula is C19H22N6O2S2. The summed E-state index contributed by atoms with van der Waals surface area (Å²) >= 11 is 2.96. The van der Waals surface area contributed by atoms with E-state index >= 15 is 0 Å². The molecule has 0 amide bonds. The third-order valence-corrected chi connectivity index (χ3v) is 6.80. The van der Waals surface area contributed by atoms with Crippen LogP contribution < -0.4 is 17.3 Å². The summed E-state index contributed by atoms with van der Waals surface area (Å²) in [6, 6.07) is 7.91. The molecule has 0 radical (unpaired) electrons. The molecule has 0 spiro atoms. The van der Waals surface area contributed by atoms with Gasteiger partial charge in [-0.3, -0.25) is 0 Å². The number of anilines is 1. The highest BCUT2D eigenvalue weighted by molar-refractivity contribution is 7.99. The Balaban J connectivity index is 1.47. The molecule has 152 valence electrons. The number of benzene rings is 1. The monoisotopic (exact) mass is 430 g/mol. The maximum absolute atomic E-state index is 9.11. The standard InChI is InChI=1S/C19H22N6O2S2/c1-10-4-12(3-2-11(10)6-20)29-17-5-15(18-16(27-17)8-26-18)25(23)7-13(21)14-9-28-19(22)24-14/h2-4,7,9,15-18H,5,8,21,23H2,1H3,(H2,22,24)/b13-7-/t15-,16?,17?,18?/m1/s1. The van der Waals surface area contributed by atoms with Crippen LogP contribution in [0.5, 0.6) is 0 Å². The first-order valence-electron chi connectivity index (χ1n) is 9.10. The van der Waals surface area contributed by atoms with Gasteiger partial charge in [-0.05, 0) is 30.7 Å². The zero-order chi connectivity index (χ0) is 20.5. The molecular weight excluding hydrogens is 408 g/mol. The number of aryl methyl sites for hydroxylation is 1. The average Bonchev–Trinajstić information content (AvgIpc) is 3.10. The lowest BCUT2D eigenvalue weighted by Crippen LogP contribution is -2.64. The van der Waals surface area contributed by atoms with E-state index in [1.165, 1.54) is 11.3 Å². The van der Waals surface area contributed by atoms with E-state index in [9.17, 15) is 0 Å². The number of fused-ring (bicyclic) bond motifs is 1. The predicted molar refractivity (Wildman–Crippen MR) is 113 cm³/mol. The van der Waals surface area contributed by atoms with Gasteiger partial charge in [0.15, 0.2) is 5.13 Å². The van der Waals surface area contributed by atoms with Crippen molar-refractivity contribution >= 4 is 33.9 Å². The Morgan fingerprint density at radius 2 is 2.31 bits per heavy atom. The number of ether oxygens (including phenoxy) is 2. The third-order valence-electron chi connectivity index (χ3n) is 5.03. The summed E-state index contributed by atoms with van der Waals surface area (Å²) in [6.07, 6.45) is 2.26. The molecule has 6 N–H and O–H groups in total. The Kier molecular flexibility index (Phi) is 5.67. The van der Waals surface area contributed by atoms with Crippen molar-refractivity contribution in [3.8, 4) is 6.07 Å². The van der Waals surface area contributed by atoms with Crippen molar-refractivity contribution in [2.75, 3.05) is 12.3 Å². The van der Waals surface area contributed by atoms with E-state index in [1.54, 1.807) is 28.4 Å². The van der Waals surface area contributed by atoms with Crippen LogP contribution in [0.25, 0.3) is 5.70 Å². The summed E-state index contributed by atoms with van der Waals surface area (Å²) in [5.74, 6) is 6.34. The molecule has 3 heterocycles. The number of nitrogens with two attached hydrogens (primary N) is 3. The number of hydrogen-bond donors (Lipinski definition) is 3. The maximum atomic E-state index is 9.11. The normalized spacial score (nSPS) is 26.3. The molecule has 1 aromatic heterocycles. The first-order chi connectivity index (χ1) is 13.9. The van der Waals surface area contributed by atoms with Gasteiger partial charge in [-0.15, -0.1) is 11.3 Å². The number of thiazole rings is 1. The zero-order valence-corrected chi connectivity index (χ0v) is 17.5. The van der Waals surface area contributed by atoms with Gasteiger partial charge in [-0.2, -0.15) is 5.26 Å². The molecule has 2 aliphatic rings. The first kappa shape index (κ1) is 20.0. The van der Waals surface area contributed by atoms with E-state index in [0.29, 0.717) is 35.1 Å². The molecule has 2 aliphatic heterocycles. The number of nitrogen functional groups attached to an aromatic ring is 1. The second-order valence-corrected chi connectivity index (χ2v) is 9.14. The molecule has 8 nitrogen and oxygen atoms in total. The van der Waals surface area contributed by atoms with Gasteiger partial charge in [0.05, 0.1) is 30.0 Å². The Morgan fingerprint density at radius 3 is 2.93 bits per heavy atom. The number of rotatable bonds is 5. The van der Waals surface area contributed by atoms with E-state index in [4.69, 9.17) is 32.0 Å². The molecule has 2 aromatic rings. The van der Waals surface area contributed by atoms with E-state index in [0.717, 1.165) is 10.5 Å². The van der Waals surface area contributed by atoms with Crippen LogP contribution in [0.1, 0.15) is 23.2 Å². The van der Waals surface area contributed by atoms with E-state index in [-0.39, 0.29) is 23.7 Å². The fraction of sp³-hybridized carbons (Fsp3) is 0.368. The van der Waals surface area contributed by atoms with Crippen LogP contribution in [-0.4, -0.2) is 40.3 Å². The zero-order valence-electron chi connectivity index (χ0n) is 15.8. The summed E-state index contributed by atoms with van der Waals surface area (Å²) in [7, 11) is 0. The number of aromatic nitrogens is 1. The van der Waals surface area contributed by atoms with Crippen LogP contribution in [0.3, 0.4) is 0 Å². The van der Waals surface area contributed by atoms with Gasteiger partial charge in [0, 0.05) is 22.9 Å². The van der Waals surface area contributed by atoms with Gasteiger partial charge < -0.3 is 25.9 Å². The van der Waals surface area contributed by atoms with E-state index in [1.807, 2.05) is 25.1 Å². The van der Waals surface area contributed by atoms with Crippen molar-refractivity contribution in [1.29, 1.82) is 5.26 Å². The highest BCUT2D eigenvalue weighted by Gasteiger charge is 2.47. The Hall–Kier alpha value is -2.29. The number of nitriles is 1. The Morgan fingerprint density at radius 1 is 1.48 bits per heavy atom. The van der Waals surface area contributed by atoms with Gasteiger partial charge in [0.1, 0.15) is 23.3 Å². The van der Waals surface area contributed by atoms with Gasteiger partial charge in [0.2, 0.25) is 0 Å². The average molecular weight is 431 g/mol. The SMILES string of the molecule is Cc1cc(SC2C[C@@H](N(N)/C=C(\N)c3csc(N)n3)C3OCC3O2)ccc1C#N. The number of hydrogen-bond acceptors (Lipinski definition) is 10. The van der Waals surface area contributed by atoms with Gasteiger partial charge in [0.25, 0.3) is 0 Å².